The number of hydrogen-bond donors (Lipinski definition) is 1. The second-order valence-corrected chi connectivity index (χ2v) is 6.13. The van der Waals surface area contributed by atoms with E-state index in [2.05, 4.69) is 11.8 Å². The van der Waals surface area contributed by atoms with E-state index in [0.29, 0.717) is 0 Å². The zero-order valence-electron chi connectivity index (χ0n) is 12.5. The maximum Gasteiger partial charge on any atom is 0.445 e. The van der Waals surface area contributed by atoms with Crippen LogP contribution < -0.4 is 10.6 Å². The van der Waals surface area contributed by atoms with Gasteiger partial charge in [0.1, 0.15) is 0 Å². The molecule has 1 aliphatic heterocycles. The summed E-state index contributed by atoms with van der Waals surface area (Å²) in [7, 11) is 0. The molecule has 0 saturated heterocycles. The molecular formula is C16H14ClF3N2O2. The minimum absolute atomic E-state index is 0.0253. The number of ether oxygens (including phenoxy) is 1. The van der Waals surface area contributed by atoms with Gasteiger partial charge in [0.15, 0.2) is 0 Å². The number of fused-ring (bicyclic) bond motifs is 1. The molecule has 128 valence electrons. The number of amides is 1. The van der Waals surface area contributed by atoms with Crippen LogP contribution in [0.4, 0.5) is 23.7 Å². The molecule has 0 bridgehead atoms. The smallest absolute Gasteiger partial charge is 0.415 e. The Labute approximate surface area is 141 Å². The Morgan fingerprint density at radius 2 is 2.12 bits per heavy atom. The highest BCUT2D eigenvalue weighted by atomic mass is 35.5. The van der Waals surface area contributed by atoms with E-state index in [-0.39, 0.29) is 35.3 Å². The summed E-state index contributed by atoms with van der Waals surface area (Å²) in [6.07, 6.45) is -4.54. The number of carbonyl (C=O) groups excluding carboxylic acids is 1. The van der Waals surface area contributed by atoms with Gasteiger partial charge in [0.05, 0.1) is 5.69 Å². The third-order valence-electron chi connectivity index (χ3n) is 3.87. The van der Waals surface area contributed by atoms with Gasteiger partial charge >= 0.3 is 12.3 Å². The Kier molecular flexibility index (Phi) is 4.14. The van der Waals surface area contributed by atoms with E-state index in [0.717, 1.165) is 23.8 Å². The lowest BCUT2D eigenvalue weighted by Crippen LogP contribution is -2.53. The van der Waals surface area contributed by atoms with E-state index in [9.17, 15) is 18.0 Å². The molecule has 4 nitrogen and oxygen atoms in total. The molecule has 1 aromatic rings. The summed E-state index contributed by atoms with van der Waals surface area (Å²) in [4.78, 5) is 13.3. The quantitative estimate of drug-likeness (QED) is 0.824. The number of rotatable bonds is 2. The molecular weight excluding hydrogens is 345 g/mol. The molecule has 1 aliphatic carbocycles. The summed E-state index contributed by atoms with van der Waals surface area (Å²) < 4.78 is 46.5. The van der Waals surface area contributed by atoms with Crippen molar-refractivity contribution < 1.29 is 22.7 Å². The molecule has 1 atom stereocenters. The standard InChI is InChI=1S/C16H14ClF3N2O2/c17-11-3-4-13-12(9-11)15(16(18,19)20,6-5-10-1-2-10)24-14(23)22(13)8-7-21/h3-4,9-10H,1-2,7-8,21H2. The Bertz CT molecular complexity index is 737. The molecule has 8 heteroatoms. The molecule has 3 rings (SSSR count). The summed E-state index contributed by atoms with van der Waals surface area (Å²) >= 11 is 5.89. The fraction of sp³-hybridized carbons (Fsp3) is 0.438. The first kappa shape index (κ1) is 16.9. The molecule has 1 saturated carbocycles. The predicted molar refractivity (Wildman–Crippen MR) is 82.6 cm³/mol. The van der Waals surface area contributed by atoms with Crippen molar-refractivity contribution >= 4 is 23.4 Å². The predicted octanol–water partition coefficient (Wildman–Crippen LogP) is 3.43. The van der Waals surface area contributed by atoms with E-state index >= 15 is 0 Å². The van der Waals surface area contributed by atoms with Gasteiger partial charge in [-0.05, 0) is 37.0 Å². The van der Waals surface area contributed by atoms with Crippen LogP contribution in [0.2, 0.25) is 5.02 Å². The highest BCUT2D eigenvalue weighted by molar-refractivity contribution is 6.30. The number of hydrogen-bond acceptors (Lipinski definition) is 3. The summed E-state index contributed by atoms with van der Waals surface area (Å²) in [5.74, 6) is 4.66. The minimum atomic E-state index is -4.90. The third kappa shape index (κ3) is 2.80. The summed E-state index contributed by atoms with van der Waals surface area (Å²) in [5.41, 5.74) is 2.20. The van der Waals surface area contributed by atoms with Gasteiger partial charge in [-0.3, -0.25) is 4.90 Å². The number of nitrogens with two attached hydrogens (primary N) is 1. The van der Waals surface area contributed by atoms with Crippen molar-refractivity contribution in [2.45, 2.75) is 24.6 Å². The molecule has 1 aromatic carbocycles. The van der Waals surface area contributed by atoms with Crippen molar-refractivity contribution in [2.75, 3.05) is 18.0 Å². The van der Waals surface area contributed by atoms with Crippen molar-refractivity contribution in [3.05, 3.63) is 28.8 Å². The lowest BCUT2D eigenvalue weighted by molar-refractivity contribution is -0.240. The molecule has 0 aromatic heterocycles. The first-order valence-corrected chi connectivity index (χ1v) is 7.76. The van der Waals surface area contributed by atoms with Crippen molar-refractivity contribution in [1.82, 2.24) is 0 Å². The first-order chi connectivity index (χ1) is 11.3. The van der Waals surface area contributed by atoms with Crippen LogP contribution in [0, 0.1) is 17.8 Å². The van der Waals surface area contributed by atoms with Gasteiger partial charge in [0.25, 0.3) is 5.60 Å². The highest BCUT2D eigenvalue weighted by Gasteiger charge is 2.63. The topological polar surface area (TPSA) is 55.6 Å². The fourth-order valence-corrected chi connectivity index (χ4v) is 2.68. The van der Waals surface area contributed by atoms with Crippen LogP contribution in [-0.4, -0.2) is 25.4 Å². The highest BCUT2D eigenvalue weighted by Crippen LogP contribution is 2.49. The number of benzene rings is 1. The van der Waals surface area contributed by atoms with E-state index in [1.165, 1.54) is 12.1 Å². The Morgan fingerprint density at radius 1 is 1.42 bits per heavy atom. The molecule has 1 fully saturated rings. The van der Waals surface area contributed by atoms with Crippen LogP contribution in [0.3, 0.4) is 0 Å². The Hall–Kier alpha value is -1.91. The normalized spacial score (nSPS) is 23.2. The Balaban J connectivity index is 2.22. The number of nitrogens with zero attached hydrogens (tertiary/aromatic N) is 1. The maximum absolute atomic E-state index is 13.9. The molecule has 1 amide bonds. The Morgan fingerprint density at radius 3 is 2.71 bits per heavy atom. The van der Waals surface area contributed by atoms with Gasteiger partial charge in [-0.25, -0.2) is 4.79 Å². The van der Waals surface area contributed by atoms with Crippen molar-refractivity contribution in [3.63, 3.8) is 0 Å². The number of anilines is 1. The average molecular weight is 359 g/mol. The van der Waals surface area contributed by atoms with Crippen LogP contribution >= 0.6 is 11.6 Å². The van der Waals surface area contributed by atoms with Gasteiger partial charge in [-0.15, -0.1) is 0 Å². The monoisotopic (exact) mass is 358 g/mol. The van der Waals surface area contributed by atoms with E-state index < -0.39 is 17.9 Å². The summed E-state index contributed by atoms with van der Waals surface area (Å²) in [6, 6.07) is 3.91. The molecule has 0 radical (unpaired) electrons. The van der Waals surface area contributed by atoms with Gasteiger partial charge in [-0.2, -0.15) is 13.2 Å². The second kappa shape index (κ2) is 5.87. The largest absolute Gasteiger partial charge is 0.445 e. The zero-order valence-corrected chi connectivity index (χ0v) is 13.2. The number of cyclic esters (lactones) is 1. The fourth-order valence-electron chi connectivity index (χ4n) is 2.51. The lowest BCUT2D eigenvalue weighted by atomic mass is 9.89. The van der Waals surface area contributed by atoms with Crippen LogP contribution in [0.25, 0.3) is 0 Å². The average Bonchev–Trinajstić information content (AvgIpc) is 3.31. The summed E-state index contributed by atoms with van der Waals surface area (Å²) in [6.45, 7) is 0.0986. The van der Waals surface area contributed by atoms with Crippen molar-refractivity contribution in [3.8, 4) is 11.8 Å². The summed E-state index contributed by atoms with van der Waals surface area (Å²) in [5, 5.41) is 0.0984. The minimum Gasteiger partial charge on any atom is -0.415 e. The lowest BCUT2D eigenvalue weighted by Gasteiger charge is -2.40. The van der Waals surface area contributed by atoms with Crippen molar-refractivity contribution in [2.24, 2.45) is 11.7 Å². The molecule has 24 heavy (non-hydrogen) atoms. The zero-order chi connectivity index (χ0) is 17.5. The number of alkyl halides is 3. The van der Waals surface area contributed by atoms with E-state index in [4.69, 9.17) is 22.1 Å². The van der Waals surface area contributed by atoms with E-state index in [1.807, 2.05) is 0 Å². The van der Waals surface area contributed by atoms with Gasteiger partial charge in [-0.1, -0.05) is 17.5 Å². The molecule has 2 aliphatic rings. The van der Waals surface area contributed by atoms with Crippen LogP contribution in [0.15, 0.2) is 18.2 Å². The van der Waals surface area contributed by atoms with Gasteiger partial charge < -0.3 is 10.5 Å². The van der Waals surface area contributed by atoms with Crippen LogP contribution in [0.5, 0.6) is 0 Å². The molecule has 2 N–H and O–H groups in total. The van der Waals surface area contributed by atoms with Gasteiger partial charge in [0, 0.05) is 29.6 Å². The van der Waals surface area contributed by atoms with Crippen LogP contribution in [-0.2, 0) is 10.3 Å². The van der Waals surface area contributed by atoms with Gasteiger partial charge in [0.2, 0.25) is 0 Å². The molecule has 0 spiro atoms. The van der Waals surface area contributed by atoms with Crippen molar-refractivity contribution in [1.29, 1.82) is 0 Å². The molecule has 1 heterocycles. The third-order valence-corrected chi connectivity index (χ3v) is 4.11. The number of carbonyl (C=O) groups is 1. The second-order valence-electron chi connectivity index (χ2n) is 5.69. The maximum atomic E-state index is 13.9. The molecule has 1 unspecified atom stereocenters. The SMILES string of the molecule is NCCN1C(=O)OC(C#CC2CC2)(C(F)(F)F)c2cc(Cl)ccc21. The van der Waals surface area contributed by atoms with Crippen LogP contribution in [0.1, 0.15) is 18.4 Å². The van der Waals surface area contributed by atoms with E-state index in [1.54, 1.807) is 0 Å². The number of halogens is 4. The first-order valence-electron chi connectivity index (χ1n) is 7.38.